The number of morpholine rings is 1. The second-order valence-electron chi connectivity index (χ2n) is 5.77. The van der Waals surface area contributed by atoms with Crippen LogP contribution in [0.25, 0.3) is 0 Å². The number of aromatic nitrogens is 2. The van der Waals surface area contributed by atoms with Crippen LogP contribution in [0.5, 0.6) is 5.75 Å². The Bertz CT molecular complexity index is 753. The zero-order valence-electron chi connectivity index (χ0n) is 14.4. The number of rotatable bonds is 6. The summed E-state index contributed by atoms with van der Waals surface area (Å²) in [7, 11) is 1.58. The van der Waals surface area contributed by atoms with Crippen LogP contribution < -0.4 is 20.7 Å². The first-order chi connectivity index (χ1) is 12.6. The first kappa shape index (κ1) is 17.9. The molecule has 9 heteroatoms. The average molecular weight is 359 g/mol. The summed E-state index contributed by atoms with van der Waals surface area (Å²) < 4.78 is 11.8. The van der Waals surface area contributed by atoms with Crippen molar-refractivity contribution in [2.45, 2.75) is 12.6 Å². The Kier molecular flexibility index (Phi) is 5.82. The van der Waals surface area contributed by atoms with Gasteiger partial charge in [-0.1, -0.05) is 0 Å². The van der Waals surface area contributed by atoms with Crippen molar-refractivity contribution in [2.24, 2.45) is 0 Å². The minimum atomic E-state index is -0.384. The minimum absolute atomic E-state index is 0.0344. The van der Waals surface area contributed by atoms with Crippen molar-refractivity contribution < 1.29 is 19.1 Å². The van der Waals surface area contributed by atoms with Crippen LogP contribution in [0.2, 0.25) is 0 Å². The van der Waals surface area contributed by atoms with E-state index in [9.17, 15) is 9.59 Å². The normalized spacial score (nSPS) is 16.7. The third-order valence-electron chi connectivity index (χ3n) is 3.82. The number of nitrogens with zero attached hydrogens (tertiary/aromatic N) is 2. The van der Waals surface area contributed by atoms with Crippen molar-refractivity contribution in [2.75, 3.05) is 37.5 Å². The number of hydrogen-bond acceptors (Lipinski definition) is 6. The van der Waals surface area contributed by atoms with Gasteiger partial charge in [0.1, 0.15) is 18.3 Å². The van der Waals surface area contributed by atoms with Gasteiger partial charge in [-0.15, -0.1) is 0 Å². The Labute approximate surface area is 150 Å². The number of amides is 2. The Balaban J connectivity index is 1.50. The van der Waals surface area contributed by atoms with Gasteiger partial charge < -0.3 is 25.4 Å². The lowest BCUT2D eigenvalue weighted by atomic mass is 10.2. The molecule has 3 rings (SSSR count). The molecule has 26 heavy (non-hydrogen) atoms. The van der Waals surface area contributed by atoms with Crippen LogP contribution >= 0.6 is 0 Å². The fraction of sp³-hybridized carbons (Fsp3) is 0.353. The summed E-state index contributed by atoms with van der Waals surface area (Å²) in [5.41, 5.74) is 1.19. The largest absolute Gasteiger partial charge is 0.497 e. The van der Waals surface area contributed by atoms with E-state index in [0.29, 0.717) is 36.9 Å². The summed E-state index contributed by atoms with van der Waals surface area (Å²) in [4.78, 5) is 24.2. The number of benzene rings is 1. The van der Waals surface area contributed by atoms with E-state index in [1.165, 1.54) is 10.9 Å². The van der Waals surface area contributed by atoms with E-state index < -0.39 is 0 Å². The van der Waals surface area contributed by atoms with Crippen molar-refractivity contribution in [1.29, 1.82) is 0 Å². The van der Waals surface area contributed by atoms with Gasteiger partial charge in [-0.25, -0.2) is 0 Å². The smallest absolute Gasteiger partial charge is 0.246 e. The van der Waals surface area contributed by atoms with Crippen molar-refractivity contribution in [3.05, 3.63) is 36.7 Å². The minimum Gasteiger partial charge on any atom is -0.497 e. The summed E-state index contributed by atoms with van der Waals surface area (Å²) in [5, 5.41) is 12.7. The lowest BCUT2D eigenvalue weighted by molar-refractivity contribution is -0.120. The molecule has 1 aromatic heterocycles. The monoisotopic (exact) mass is 359 g/mol. The molecule has 2 aromatic rings. The van der Waals surface area contributed by atoms with E-state index in [2.05, 4.69) is 21.0 Å². The standard InChI is InChI=1S/C17H21N5O4/c1-25-14-4-2-12(3-5-14)20-16(23)10-22-9-13(8-19-22)21-17(24)15-11-26-7-6-18-15/h2-5,8-9,15,18H,6-7,10-11H2,1H3,(H,20,23)(H,21,24). The topological polar surface area (TPSA) is 107 Å². The number of anilines is 2. The lowest BCUT2D eigenvalue weighted by Crippen LogP contribution is -2.48. The third-order valence-corrected chi connectivity index (χ3v) is 3.82. The molecule has 9 nitrogen and oxygen atoms in total. The van der Waals surface area contributed by atoms with Crippen LogP contribution in [-0.2, 0) is 20.9 Å². The van der Waals surface area contributed by atoms with Crippen molar-refractivity contribution in [3.8, 4) is 5.75 Å². The molecule has 1 fully saturated rings. The van der Waals surface area contributed by atoms with Crippen LogP contribution in [-0.4, -0.2) is 54.5 Å². The van der Waals surface area contributed by atoms with Gasteiger partial charge in [0.25, 0.3) is 0 Å². The fourth-order valence-corrected chi connectivity index (χ4v) is 2.50. The first-order valence-electron chi connectivity index (χ1n) is 8.22. The van der Waals surface area contributed by atoms with Crippen LogP contribution in [0.15, 0.2) is 36.7 Å². The molecule has 0 aliphatic carbocycles. The maximum Gasteiger partial charge on any atom is 0.246 e. The highest BCUT2D eigenvalue weighted by Crippen LogP contribution is 2.15. The molecule has 1 aliphatic rings. The molecule has 1 aliphatic heterocycles. The van der Waals surface area contributed by atoms with Crippen LogP contribution in [0, 0.1) is 0 Å². The van der Waals surface area contributed by atoms with Crippen LogP contribution in [0.3, 0.4) is 0 Å². The predicted molar refractivity (Wildman–Crippen MR) is 95.1 cm³/mol. The van der Waals surface area contributed by atoms with Gasteiger partial charge in [-0.2, -0.15) is 5.10 Å². The number of carbonyl (C=O) groups excluding carboxylic acids is 2. The summed E-state index contributed by atoms with van der Waals surface area (Å²) in [6.45, 7) is 1.62. The molecule has 1 atom stereocenters. The number of ether oxygens (including phenoxy) is 2. The Morgan fingerprint density at radius 1 is 1.31 bits per heavy atom. The third kappa shape index (κ3) is 4.80. The quantitative estimate of drug-likeness (QED) is 0.692. The van der Waals surface area contributed by atoms with Gasteiger partial charge >= 0.3 is 0 Å². The van der Waals surface area contributed by atoms with E-state index in [0.717, 1.165) is 0 Å². The van der Waals surface area contributed by atoms with Crippen molar-refractivity contribution in [1.82, 2.24) is 15.1 Å². The van der Waals surface area contributed by atoms with Gasteiger partial charge in [0.15, 0.2) is 0 Å². The molecule has 3 N–H and O–H groups in total. The average Bonchev–Trinajstić information content (AvgIpc) is 3.09. The van der Waals surface area contributed by atoms with Gasteiger partial charge in [-0.05, 0) is 24.3 Å². The summed E-state index contributed by atoms with van der Waals surface area (Å²) in [6, 6.07) is 6.65. The highest BCUT2D eigenvalue weighted by atomic mass is 16.5. The number of nitrogens with one attached hydrogen (secondary N) is 3. The van der Waals surface area contributed by atoms with Crippen LogP contribution in [0.4, 0.5) is 11.4 Å². The SMILES string of the molecule is COc1ccc(NC(=O)Cn2cc(NC(=O)C3COCCN3)cn2)cc1. The molecule has 2 amide bonds. The molecule has 2 heterocycles. The maximum atomic E-state index is 12.1. The Morgan fingerprint density at radius 3 is 2.81 bits per heavy atom. The zero-order valence-corrected chi connectivity index (χ0v) is 14.4. The molecule has 1 saturated heterocycles. The second-order valence-corrected chi connectivity index (χ2v) is 5.77. The summed E-state index contributed by atoms with van der Waals surface area (Å²) >= 11 is 0. The molecule has 1 aromatic carbocycles. The number of carbonyl (C=O) groups is 2. The van der Waals surface area contributed by atoms with E-state index in [4.69, 9.17) is 9.47 Å². The van der Waals surface area contributed by atoms with Crippen molar-refractivity contribution >= 4 is 23.2 Å². The van der Waals surface area contributed by atoms with Crippen molar-refractivity contribution in [3.63, 3.8) is 0 Å². The Morgan fingerprint density at radius 2 is 2.12 bits per heavy atom. The molecular weight excluding hydrogens is 338 g/mol. The van der Waals surface area contributed by atoms with E-state index in [1.807, 2.05) is 0 Å². The molecule has 1 unspecified atom stereocenters. The van der Waals surface area contributed by atoms with E-state index in [-0.39, 0.29) is 24.4 Å². The van der Waals surface area contributed by atoms with Crippen LogP contribution in [0.1, 0.15) is 0 Å². The van der Waals surface area contributed by atoms with Gasteiger partial charge in [0.2, 0.25) is 11.8 Å². The number of methoxy groups -OCH3 is 1. The van der Waals surface area contributed by atoms with Gasteiger partial charge in [0, 0.05) is 18.4 Å². The highest BCUT2D eigenvalue weighted by molar-refractivity contribution is 5.95. The first-order valence-corrected chi connectivity index (χ1v) is 8.22. The fourth-order valence-electron chi connectivity index (χ4n) is 2.50. The van der Waals surface area contributed by atoms with E-state index in [1.54, 1.807) is 37.6 Å². The lowest BCUT2D eigenvalue weighted by Gasteiger charge is -2.22. The molecule has 138 valence electrons. The zero-order chi connectivity index (χ0) is 18.4. The van der Waals surface area contributed by atoms with Gasteiger partial charge in [-0.3, -0.25) is 14.3 Å². The second kappa shape index (κ2) is 8.45. The molecule has 0 radical (unpaired) electrons. The number of hydrogen-bond donors (Lipinski definition) is 3. The summed E-state index contributed by atoms with van der Waals surface area (Å²) in [6.07, 6.45) is 3.11. The molecule has 0 bridgehead atoms. The predicted octanol–water partition coefficient (Wildman–Crippen LogP) is 0.457. The Hall–Kier alpha value is -2.91. The summed E-state index contributed by atoms with van der Waals surface area (Å²) in [5.74, 6) is 0.304. The highest BCUT2D eigenvalue weighted by Gasteiger charge is 2.21. The van der Waals surface area contributed by atoms with Gasteiger partial charge in [0.05, 0.1) is 32.2 Å². The maximum absolute atomic E-state index is 12.1. The molecular formula is C17H21N5O4. The molecule has 0 spiro atoms. The molecule has 0 saturated carbocycles. The van der Waals surface area contributed by atoms with E-state index >= 15 is 0 Å².